The predicted molar refractivity (Wildman–Crippen MR) is 70.7 cm³/mol. The summed E-state index contributed by atoms with van der Waals surface area (Å²) in [5.74, 6) is -0.596. The standard InChI is InChI=1S/C7H14N2O3.C3H6.C2H6/c1-7(2,3)12-6(11)9-4-5(8)10;1-3-2;1-2/h4H2,1-3H3,(H2,8,10)(H,9,11);3H,1H2,2H3;1-2H3. The second-order valence-corrected chi connectivity index (χ2v) is 3.73. The van der Waals surface area contributed by atoms with Crippen molar-refractivity contribution in [3.8, 4) is 0 Å². The van der Waals surface area contributed by atoms with Crippen LogP contribution in [0, 0.1) is 0 Å². The Bertz CT molecular complexity index is 220. The summed E-state index contributed by atoms with van der Waals surface area (Å²) in [5.41, 5.74) is 4.24. The molecule has 0 unspecified atom stereocenters. The van der Waals surface area contributed by atoms with Crippen molar-refractivity contribution in [3.05, 3.63) is 12.7 Å². The van der Waals surface area contributed by atoms with Crippen LogP contribution in [0.25, 0.3) is 0 Å². The lowest BCUT2D eigenvalue weighted by Gasteiger charge is -2.19. The van der Waals surface area contributed by atoms with Crippen molar-refractivity contribution in [2.75, 3.05) is 6.54 Å². The fraction of sp³-hybridized carbons (Fsp3) is 0.667. The van der Waals surface area contributed by atoms with Gasteiger partial charge in [0.15, 0.2) is 0 Å². The van der Waals surface area contributed by atoms with E-state index < -0.39 is 17.6 Å². The van der Waals surface area contributed by atoms with Gasteiger partial charge in [0.25, 0.3) is 0 Å². The molecular formula is C12H26N2O3. The maximum absolute atomic E-state index is 10.8. The van der Waals surface area contributed by atoms with Gasteiger partial charge >= 0.3 is 6.09 Å². The average Bonchev–Trinajstić information content (AvgIpc) is 2.16. The molecule has 0 aromatic rings. The first-order valence-corrected chi connectivity index (χ1v) is 5.55. The summed E-state index contributed by atoms with van der Waals surface area (Å²) in [7, 11) is 0. The highest BCUT2D eigenvalue weighted by Crippen LogP contribution is 2.05. The van der Waals surface area contributed by atoms with Gasteiger partial charge in [-0.05, 0) is 27.7 Å². The van der Waals surface area contributed by atoms with Gasteiger partial charge in [-0.3, -0.25) is 4.79 Å². The van der Waals surface area contributed by atoms with Crippen LogP contribution < -0.4 is 11.1 Å². The first-order valence-electron chi connectivity index (χ1n) is 5.55. The second kappa shape index (κ2) is 12.5. The van der Waals surface area contributed by atoms with Crippen LogP contribution >= 0.6 is 0 Å². The normalized spacial score (nSPS) is 8.59. The Hall–Kier alpha value is -1.52. The Kier molecular flexibility index (Phi) is 15.4. The fourth-order valence-corrected chi connectivity index (χ4v) is 0.473. The molecule has 0 fully saturated rings. The summed E-state index contributed by atoms with van der Waals surface area (Å²) < 4.78 is 4.83. The minimum Gasteiger partial charge on any atom is -0.444 e. The number of carbonyl (C=O) groups is 2. The number of rotatable bonds is 2. The molecule has 17 heavy (non-hydrogen) atoms. The van der Waals surface area contributed by atoms with E-state index in [9.17, 15) is 9.59 Å². The van der Waals surface area contributed by atoms with E-state index in [1.807, 2.05) is 20.8 Å². The zero-order valence-corrected chi connectivity index (χ0v) is 11.8. The Labute approximate surface area is 104 Å². The summed E-state index contributed by atoms with van der Waals surface area (Å²) in [6.45, 7) is 14.2. The largest absolute Gasteiger partial charge is 0.444 e. The van der Waals surface area contributed by atoms with Gasteiger partial charge in [-0.25, -0.2) is 4.79 Å². The summed E-state index contributed by atoms with van der Waals surface area (Å²) in [6, 6.07) is 0. The minimum absolute atomic E-state index is 0.199. The lowest BCUT2D eigenvalue weighted by molar-refractivity contribution is -0.117. The molecule has 0 aromatic heterocycles. The summed E-state index contributed by atoms with van der Waals surface area (Å²) in [5, 5.41) is 2.20. The van der Waals surface area contributed by atoms with E-state index in [4.69, 9.17) is 10.5 Å². The van der Waals surface area contributed by atoms with E-state index in [0.717, 1.165) is 0 Å². The highest BCUT2D eigenvalue weighted by Gasteiger charge is 2.15. The third kappa shape index (κ3) is 31.4. The smallest absolute Gasteiger partial charge is 0.408 e. The van der Waals surface area contributed by atoms with Gasteiger partial charge in [0.2, 0.25) is 5.91 Å². The van der Waals surface area contributed by atoms with Gasteiger partial charge in [-0.15, -0.1) is 6.58 Å². The lowest BCUT2D eigenvalue weighted by Crippen LogP contribution is -2.37. The maximum atomic E-state index is 10.8. The molecule has 0 saturated carbocycles. The van der Waals surface area contributed by atoms with Crippen molar-refractivity contribution in [3.63, 3.8) is 0 Å². The van der Waals surface area contributed by atoms with E-state index in [0.29, 0.717) is 0 Å². The van der Waals surface area contributed by atoms with Gasteiger partial charge in [0, 0.05) is 0 Å². The number of ether oxygens (including phenoxy) is 1. The second-order valence-electron chi connectivity index (χ2n) is 3.73. The highest BCUT2D eigenvalue weighted by molar-refractivity contribution is 5.80. The summed E-state index contributed by atoms with van der Waals surface area (Å²) in [6.07, 6.45) is 1.11. The molecule has 0 radical (unpaired) electrons. The number of nitrogens with two attached hydrogens (primary N) is 1. The fourth-order valence-electron chi connectivity index (χ4n) is 0.473. The van der Waals surface area contributed by atoms with E-state index in [2.05, 4.69) is 11.9 Å². The molecule has 3 N–H and O–H groups in total. The molecule has 0 aromatic carbocycles. The number of hydrogen-bond donors (Lipinski definition) is 2. The van der Waals surface area contributed by atoms with Gasteiger partial charge in [0.1, 0.15) is 5.60 Å². The summed E-state index contributed by atoms with van der Waals surface area (Å²) in [4.78, 5) is 21.0. The molecule has 5 heteroatoms. The quantitative estimate of drug-likeness (QED) is 0.733. The van der Waals surface area contributed by atoms with Crippen molar-refractivity contribution in [2.24, 2.45) is 5.73 Å². The number of nitrogens with one attached hydrogen (secondary N) is 1. The SMILES string of the molecule is C=CC.CC.CC(C)(C)OC(=O)NCC(N)=O. The van der Waals surface area contributed by atoms with E-state index in [-0.39, 0.29) is 6.54 Å². The molecule has 0 aliphatic heterocycles. The van der Waals surface area contributed by atoms with Crippen molar-refractivity contribution in [1.82, 2.24) is 5.32 Å². The van der Waals surface area contributed by atoms with Crippen LogP contribution in [0.1, 0.15) is 41.5 Å². The summed E-state index contributed by atoms with van der Waals surface area (Å²) >= 11 is 0. The third-order valence-electron chi connectivity index (χ3n) is 0.806. The molecule has 0 spiro atoms. The van der Waals surface area contributed by atoms with Crippen molar-refractivity contribution >= 4 is 12.0 Å². The average molecular weight is 246 g/mol. The molecule has 0 aliphatic carbocycles. The molecule has 0 saturated heterocycles. The van der Waals surface area contributed by atoms with Crippen LogP contribution in [0.3, 0.4) is 0 Å². The first kappa shape index (κ1) is 20.8. The number of carbonyl (C=O) groups excluding carboxylic acids is 2. The number of alkyl carbamates (subject to hydrolysis) is 1. The number of allylic oxidation sites excluding steroid dienone is 1. The number of primary amides is 1. The zero-order valence-electron chi connectivity index (χ0n) is 11.8. The molecule has 102 valence electrons. The van der Waals surface area contributed by atoms with Crippen LogP contribution in [0.2, 0.25) is 0 Å². The van der Waals surface area contributed by atoms with Gasteiger partial charge < -0.3 is 15.8 Å². The van der Waals surface area contributed by atoms with Crippen molar-refractivity contribution in [2.45, 2.75) is 47.1 Å². The third-order valence-corrected chi connectivity index (χ3v) is 0.806. The molecule has 0 aliphatic rings. The maximum Gasteiger partial charge on any atom is 0.408 e. The van der Waals surface area contributed by atoms with Crippen LogP contribution in [0.5, 0.6) is 0 Å². The molecule has 0 heterocycles. The Morgan fingerprint density at radius 2 is 1.71 bits per heavy atom. The molecule has 0 rings (SSSR count). The van der Waals surface area contributed by atoms with Crippen LogP contribution in [-0.2, 0) is 9.53 Å². The van der Waals surface area contributed by atoms with Crippen molar-refractivity contribution < 1.29 is 14.3 Å². The van der Waals surface area contributed by atoms with Crippen molar-refractivity contribution in [1.29, 1.82) is 0 Å². The number of hydrogen-bond acceptors (Lipinski definition) is 3. The molecule has 5 nitrogen and oxygen atoms in total. The first-order chi connectivity index (χ1) is 7.72. The van der Waals surface area contributed by atoms with E-state index in [1.165, 1.54) is 0 Å². The van der Waals surface area contributed by atoms with E-state index >= 15 is 0 Å². The topological polar surface area (TPSA) is 81.4 Å². The highest BCUT2D eigenvalue weighted by atomic mass is 16.6. The van der Waals surface area contributed by atoms with Crippen LogP contribution in [0.15, 0.2) is 12.7 Å². The Balaban J connectivity index is -0.000000337. The van der Waals surface area contributed by atoms with Gasteiger partial charge in [-0.2, -0.15) is 0 Å². The molecule has 0 atom stereocenters. The van der Waals surface area contributed by atoms with Crippen LogP contribution in [-0.4, -0.2) is 24.1 Å². The molecule has 0 bridgehead atoms. The van der Waals surface area contributed by atoms with Crippen LogP contribution in [0.4, 0.5) is 4.79 Å². The predicted octanol–water partition coefficient (Wildman–Crippen LogP) is 2.21. The monoisotopic (exact) mass is 246 g/mol. The van der Waals surface area contributed by atoms with Gasteiger partial charge in [0.05, 0.1) is 6.54 Å². The number of amides is 2. The Morgan fingerprint density at radius 1 is 1.35 bits per heavy atom. The van der Waals surface area contributed by atoms with E-state index in [1.54, 1.807) is 26.8 Å². The lowest BCUT2D eigenvalue weighted by atomic mass is 10.2. The zero-order chi connectivity index (χ0) is 14.5. The molecular weight excluding hydrogens is 220 g/mol. The Morgan fingerprint density at radius 3 is 1.94 bits per heavy atom. The molecule has 2 amide bonds. The minimum atomic E-state index is -0.638. The van der Waals surface area contributed by atoms with Gasteiger partial charge in [-0.1, -0.05) is 19.9 Å².